The number of nitrogens with one attached hydrogen (secondary N) is 2. The number of H-pyrrole nitrogens is 1. The zero-order valence-corrected chi connectivity index (χ0v) is 14.6. The molecule has 0 bridgehead atoms. The van der Waals surface area contributed by atoms with Gasteiger partial charge in [0.1, 0.15) is 5.82 Å². The van der Waals surface area contributed by atoms with Crippen LogP contribution in [0.25, 0.3) is 11.0 Å². The fraction of sp³-hybridized carbons (Fsp3) is 0.250. The summed E-state index contributed by atoms with van der Waals surface area (Å²) in [4.78, 5) is 33.8. The summed E-state index contributed by atoms with van der Waals surface area (Å²) in [5, 5.41) is 2.91. The third-order valence-electron chi connectivity index (χ3n) is 4.76. The lowest BCUT2D eigenvalue weighted by atomic mass is 10.0. The van der Waals surface area contributed by atoms with Crippen molar-refractivity contribution in [1.29, 1.82) is 0 Å². The summed E-state index contributed by atoms with van der Waals surface area (Å²) in [5.74, 6) is 0.711. The Morgan fingerprint density at radius 1 is 1.19 bits per heavy atom. The highest BCUT2D eigenvalue weighted by atomic mass is 16.2. The number of fused-ring (bicyclic) bond motifs is 2. The molecule has 3 aromatic rings. The van der Waals surface area contributed by atoms with Gasteiger partial charge < -0.3 is 15.2 Å². The van der Waals surface area contributed by atoms with Crippen LogP contribution < -0.4 is 5.32 Å². The smallest absolute Gasteiger partial charge is 0.251 e. The SMILES string of the molecule is CN1Cc2cc(C(=O)NCc3nc4ccccc4[nH]3)ccc2CCC1=O. The molecule has 132 valence electrons. The second-order valence-corrected chi connectivity index (χ2v) is 6.62. The van der Waals surface area contributed by atoms with Gasteiger partial charge in [0, 0.05) is 25.6 Å². The molecule has 0 unspecified atom stereocenters. The number of carbonyl (C=O) groups excluding carboxylic acids is 2. The van der Waals surface area contributed by atoms with Gasteiger partial charge >= 0.3 is 0 Å². The van der Waals surface area contributed by atoms with Crippen LogP contribution in [0.2, 0.25) is 0 Å². The Hall–Kier alpha value is -3.15. The zero-order valence-electron chi connectivity index (χ0n) is 14.6. The van der Waals surface area contributed by atoms with Crippen LogP contribution in [0.3, 0.4) is 0 Å². The number of imidazole rings is 1. The van der Waals surface area contributed by atoms with E-state index >= 15 is 0 Å². The number of hydrogen-bond acceptors (Lipinski definition) is 3. The summed E-state index contributed by atoms with van der Waals surface area (Å²) < 4.78 is 0. The summed E-state index contributed by atoms with van der Waals surface area (Å²) in [6, 6.07) is 13.4. The zero-order chi connectivity index (χ0) is 18.1. The third kappa shape index (κ3) is 3.18. The molecule has 0 fully saturated rings. The van der Waals surface area contributed by atoms with Gasteiger partial charge in [0.2, 0.25) is 5.91 Å². The van der Waals surface area contributed by atoms with Crippen molar-refractivity contribution in [2.24, 2.45) is 0 Å². The Morgan fingerprint density at radius 3 is 2.88 bits per heavy atom. The van der Waals surface area contributed by atoms with Crippen LogP contribution >= 0.6 is 0 Å². The van der Waals surface area contributed by atoms with Crippen LogP contribution in [0.4, 0.5) is 0 Å². The topological polar surface area (TPSA) is 78.1 Å². The molecule has 1 aliphatic heterocycles. The molecular weight excluding hydrogens is 328 g/mol. The van der Waals surface area contributed by atoms with Crippen molar-refractivity contribution in [2.75, 3.05) is 7.05 Å². The molecule has 4 rings (SSSR count). The minimum Gasteiger partial charge on any atom is -0.345 e. The number of aromatic amines is 1. The normalized spacial score (nSPS) is 14.2. The van der Waals surface area contributed by atoms with Gasteiger partial charge in [-0.2, -0.15) is 0 Å². The lowest BCUT2D eigenvalue weighted by Gasteiger charge is -2.15. The Labute approximate surface area is 151 Å². The Kier molecular flexibility index (Phi) is 4.16. The number of amides is 2. The predicted octanol–water partition coefficient (Wildman–Crippen LogP) is 2.40. The van der Waals surface area contributed by atoms with Crippen LogP contribution in [0.5, 0.6) is 0 Å². The summed E-state index contributed by atoms with van der Waals surface area (Å²) in [5.41, 5.74) is 4.61. The number of hydrogen-bond donors (Lipinski definition) is 2. The van der Waals surface area contributed by atoms with E-state index < -0.39 is 0 Å². The molecule has 0 spiro atoms. The van der Waals surface area contributed by atoms with E-state index in [1.807, 2.05) is 42.5 Å². The number of nitrogens with zero attached hydrogens (tertiary/aromatic N) is 2. The number of para-hydroxylation sites is 2. The van der Waals surface area contributed by atoms with Gasteiger partial charge in [0.15, 0.2) is 0 Å². The molecule has 2 heterocycles. The molecule has 0 radical (unpaired) electrons. The quantitative estimate of drug-likeness (QED) is 0.763. The van der Waals surface area contributed by atoms with E-state index in [1.54, 1.807) is 11.9 Å². The van der Waals surface area contributed by atoms with Gasteiger partial charge in [0.05, 0.1) is 17.6 Å². The number of rotatable bonds is 3. The Bertz CT molecular complexity index is 959. The highest BCUT2D eigenvalue weighted by Crippen LogP contribution is 2.20. The number of aryl methyl sites for hydroxylation is 1. The summed E-state index contributed by atoms with van der Waals surface area (Å²) in [7, 11) is 1.80. The predicted molar refractivity (Wildman–Crippen MR) is 98.5 cm³/mol. The first kappa shape index (κ1) is 16.3. The van der Waals surface area contributed by atoms with E-state index in [2.05, 4.69) is 15.3 Å². The maximum atomic E-state index is 12.5. The van der Waals surface area contributed by atoms with E-state index in [0.29, 0.717) is 25.1 Å². The third-order valence-corrected chi connectivity index (χ3v) is 4.76. The van der Waals surface area contributed by atoms with E-state index in [-0.39, 0.29) is 11.8 Å². The molecule has 26 heavy (non-hydrogen) atoms. The van der Waals surface area contributed by atoms with Gasteiger partial charge in [-0.25, -0.2) is 4.98 Å². The average molecular weight is 348 g/mol. The van der Waals surface area contributed by atoms with Crippen LogP contribution in [0.15, 0.2) is 42.5 Å². The molecule has 0 saturated carbocycles. The van der Waals surface area contributed by atoms with E-state index in [4.69, 9.17) is 0 Å². The van der Waals surface area contributed by atoms with Crippen molar-refractivity contribution >= 4 is 22.8 Å². The maximum absolute atomic E-state index is 12.5. The fourth-order valence-electron chi connectivity index (χ4n) is 3.29. The van der Waals surface area contributed by atoms with Crippen molar-refractivity contribution in [2.45, 2.75) is 25.9 Å². The molecule has 2 N–H and O–H groups in total. The first-order valence-electron chi connectivity index (χ1n) is 8.68. The van der Waals surface area contributed by atoms with Gasteiger partial charge in [-0.05, 0) is 41.8 Å². The Balaban J connectivity index is 1.48. The minimum absolute atomic E-state index is 0.136. The number of aromatic nitrogens is 2. The minimum atomic E-state index is -0.147. The second kappa shape index (κ2) is 6.63. The first-order chi connectivity index (χ1) is 12.6. The van der Waals surface area contributed by atoms with E-state index in [1.165, 1.54) is 0 Å². The highest BCUT2D eigenvalue weighted by Gasteiger charge is 2.18. The lowest BCUT2D eigenvalue weighted by molar-refractivity contribution is -0.130. The molecule has 6 nitrogen and oxygen atoms in total. The second-order valence-electron chi connectivity index (χ2n) is 6.62. The lowest BCUT2D eigenvalue weighted by Crippen LogP contribution is -2.25. The van der Waals surface area contributed by atoms with Crippen molar-refractivity contribution < 1.29 is 9.59 Å². The molecule has 6 heteroatoms. The molecule has 0 atom stereocenters. The maximum Gasteiger partial charge on any atom is 0.251 e. The molecule has 1 aromatic heterocycles. The summed E-state index contributed by atoms with van der Waals surface area (Å²) in [6.45, 7) is 0.877. The van der Waals surface area contributed by atoms with E-state index in [9.17, 15) is 9.59 Å². The molecule has 1 aliphatic rings. The molecule has 0 saturated heterocycles. The van der Waals surface area contributed by atoms with Crippen LogP contribution in [0.1, 0.15) is 33.7 Å². The monoisotopic (exact) mass is 348 g/mol. The summed E-state index contributed by atoms with van der Waals surface area (Å²) in [6.07, 6.45) is 1.24. The molecule has 2 amide bonds. The van der Waals surface area contributed by atoms with Gasteiger partial charge in [-0.15, -0.1) is 0 Å². The van der Waals surface area contributed by atoms with Crippen LogP contribution in [-0.4, -0.2) is 33.7 Å². The first-order valence-corrected chi connectivity index (χ1v) is 8.68. The standard InChI is InChI=1S/C20H20N4O2/c1-24-12-15-10-14(7-6-13(15)8-9-19(24)25)20(26)21-11-18-22-16-4-2-3-5-17(16)23-18/h2-7,10H,8-9,11-12H2,1H3,(H,21,26)(H,22,23). The molecule has 0 aliphatic carbocycles. The largest absolute Gasteiger partial charge is 0.345 e. The van der Waals surface area contributed by atoms with Crippen molar-refractivity contribution in [3.05, 3.63) is 65.0 Å². The molecule has 2 aromatic carbocycles. The van der Waals surface area contributed by atoms with Crippen molar-refractivity contribution in [3.8, 4) is 0 Å². The average Bonchev–Trinajstić information content (AvgIpc) is 3.01. The van der Waals surface area contributed by atoms with Crippen LogP contribution in [-0.2, 0) is 24.3 Å². The van der Waals surface area contributed by atoms with Crippen LogP contribution in [0, 0.1) is 0 Å². The highest BCUT2D eigenvalue weighted by molar-refractivity contribution is 5.94. The van der Waals surface area contributed by atoms with E-state index in [0.717, 1.165) is 34.4 Å². The van der Waals surface area contributed by atoms with Gasteiger partial charge in [-0.3, -0.25) is 9.59 Å². The fourth-order valence-corrected chi connectivity index (χ4v) is 3.29. The van der Waals surface area contributed by atoms with Gasteiger partial charge in [0.25, 0.3) is 5.91 Å². The van der Waals surface area contributed by atoms with Crippen molar-refractivity contribution in [1.82, 2.24) is 20.2 Å². The Morgan fingerprint density at radius 2 is 2.04 bits per heavy atom. The number of benzene rings is 2. The molecular formula is C20H20N4O2. The number of carbonyl (C=O) groups is 2. The van der Waals surface area contributed by atoms with Crippen molar-refractivity contribution in [3.63, 3.8) is 0 Å². The summed E-state index contributed by atoms with van der Waals surface area (Å²) >= 11 is 0. The van der Waals surface area contributed by atoms with Gasteiger partial charge in [-0.1, -0.05) is 18.2 Å².